The smallest absolute Gasteiger partial charge is 0.267 e. The van der Waals surface area contributed by atoms with Crippen molar-refractivity contribution in [2.45, 2.75) is 58.4 Å². The summed E-state index contributed by atoms with van der Waals surface area (Å²) in [4.78, 5) is 17.9. The van der Waals surface area contributed by atoms with Gasteiger partial charge in [-0.3, -0.25) is 9.89 Å². The SMILES string of the molecule is CCc1noc([C@@H]2CC(F)(F)CN2C(=O)CCc2c(C)n[nH]c2C)n1. The van der Waals surface area contributed by atoms with Gasteiger partial charge in [0.25, 0.3) is 5.92 Å². The third-order valence-electron chi connectivity index (χ3n) is 4.54. The van der Waals surface area contributed by atoms with Crippen molar-refractivity contribution in [3.8, 4) is 0 Å². The van der Waals surface area contributed by atoms with E-state index in [4.69, 9.17) is 4.52 Å². The summed E-state index contributed by atoms with van der Waals surface area (Å²) in [6, 6.07) is -0.873. The number of aromatic amines is 1. The maximum absolute atomic E-state index is 13.9. The zero-order valence-corrected chi connectivity index (χ0v) is 14.5. The van der Waals surface area contributed by atoms with Crippen LogP contribution in [0, 0.1) is 13.8 Å². The number of carbonyl (C=O) groups excluding carboxylic acids is 1. The number of nitrogens with zero attached hydrogens (tertiary/aromatic N) is 4. The van der Waals surface area contributed by atoms with Crippen molar-refractivity contribution >= 4 is 5.91 Å². The predicted octanol–water partition coefficient (Wildman–Crippen LogP) is 2.51. The number of halogens is 2. The highest BCUT2D eigenvalue weighted by Gasteiger charge is 2.49. The van der Waals surface area contributed by atoms with Gasteiger partial charge in [-0.2, -0.15) is 10.1 Å². The van der Waals surface area contributed by atoms with Gasteiger partial charge < -0.3 is 9.42 Å². The molecule has 1 aliphatic heterocycles. The number of carbonyl (C=O) groups is 1. The highest BCUT2D eigenvalue weighted by atomic mass is 19.3. The Labute approximate surface area is 143 Å². The zero-order valence-electron chi connectivity index (χ0n) is 14.5. The van der Waals surface area contributed by atoms with E-state index < -0.39 is 24.9 Å². The lowest BCUT2D eigenvalue weighted by Crippen LogP contribution is -2.33. The first-order valence-electron chi connectivity index (χ1n) is 8.31. The van der Waals surface area contributed by atoms with Gasteiger partial charge in [0.2, 0.25) is 11.8 Å². The lowest BCUT2D eigenvalue weighted by molar-refractivity contribution is -0.133. The second kappa shape index (κ2) is 6.53. The van der Waals surface area contributed by atoms with E-state index in [0.29, 0.717) is 18.7 Å². The van der Waals surface area contributed by atoms with Crippen LogP contribution in [0.5, 0.6) is 0 Å². The molecule has 1 N–H and O–H groups in total. The van der Waals surface area contributed by atoms with Gasteiger partial charge in [0.05, 0.1) is 12.2 Å². The van der Waals surface area contributed by atoms with Crippen molar-refractivity contribution in [1.82, 2.24) is 25.2 Å². The Morgan fingerprint density at radius 1 is 1.44 bits per heavy atom. The van der Waals surface area contributed by atoms with Crippen LogP contribution in [0.1, 0.15) is 54.5 Å². The van der Waals surface area contributed by atoms with E-state index >= 15 is 0 Å². The molecule has 0 aliphatic carbocycles. The molecule has 1 amide bonds. The molecule has 1 aliphatic rings. The molecule has 1 atom stereocenters. The molecule has 1 fully saturated rings. The summed E-state index contributed by atoms with van der Waals surface area (Å²) in [6.07, 6.45) is 0.627. The number of amides is 1. The molecule has 7 nitrogen and oxygen atoms in total. The van der Waals surface area contributed by atoms with Crippen LogP contribution >= 0.6 is 0 Å². The quantitative estimate of drug-likeness (QED) is 0.892. The van der Waals surface area contributed by atoms with Gasteiger partial charge in [-0.15, -0.1) is 0 Å². The van der Waals surface area contributed by atoms with Crippen LogP contribution in [0.25, 0.3) is 0 Å². The first-order chi connectivity index (χ1) is 11.8. The lowest BCUT2D eigenvalue weighted by atomic mass is 10.1. The van der Waals surface area contributed by atoms with E-state index in [1.54, 1.807) is 0 Å². The standard InChI is InChI=1S/C16H21F2N5O2/c1-4-13-19-15(25-22-13)12-7-16(17,18)8-23(12)14(24)6-5-11-9(2)20-21-10(11)3/h12H,4-8H2,1-3H3,(H,20,21)/t12-/m0/s1. The minimum absolute atomic E-state index is 0.0815. The van der Waals surface area contributed by atoms with E-state index in [9.17, 15) is 13.6 Å². The summed E-state index contributed by atoms with van der Waals surface area (Å²) in [5.74, 6) is -2.78. The second-order valence-electron chi connectivity index (χ2n) is 6.41. The van der Waals surface area contributed by atoms with Crippen molar-refractivity contribution in [3.05, 3.63) is 28.7 Å². The second-order valence-corrected chi connectivity index (χ2v) is 6.41. The highest BCUT2D eigenvalue weighted by Crippen LogP contribution is 2.40. The molecule has 1 saturated heterocycles. The number of hydrogen-bond acceptors (Lipinski definition) is 5. The number of alkyl halides is 2. The molecule has 136 valence electrons. The fourth-order valence-electron chi connectivity index (χ4n) is 3.16. The average Bonchev–Trinajstić information content (AvgIpc) is 3.23. The Kier molecular flexibility index (Phi) is 4.57. The van der Waals surface area contributed by atoms with Gasteiger partial charge in [0, 0.05) is 25.0 Å². The number of aryl methyl sites for hydroxylation is 3. The Morgan fingerprint density at radius 2 is 2.20 bits per heavy atom. The van der Waals surface area contributed by atoms with Gasteiger partial charge in [0.15, 0.2) is 5.82 Å². The van der Waals surface area contributed by atoms with E-state index in [1.807, 2.05) is 20.8 Å². The zero-order chi connectivity index (χ0) is 18.2. The highest BCUT2D eigenvalue weighted by molar-refractivity contribution is 5.77. The van der Waals surface area contributed by atoms with Crippen molar-refractivity contribution < 1.29 is 18.1 Å². The summed E-state index contributed by atoms with van der Waals surface area (Å²) >= 11 is 0. The number of H-pyrrole nitrogens is 1. The first kappa shape index (κ1) is 17.5. The fourth-order valence-corrected chi connectivity index (χ4v) is 3.16. The summed E-state index contributed by atoms with van der Waals surface area (Å²) in [5.41, 5.74) is 2.65. The van der Waals surface area contributed by atoms with Crippen LogP contribution in [0.3, 0.4) is 0 Å². The van der Waals surface area contributed by atoms with Crippen LogP contribution in [0.4, 0.5) is 8.78 Å². The molecule has 9 heteroatoms. The number of hydrogen-bond donors (Lipinski definition) is 1. The topological polar surface area (TPSA) is 87.9 Å². The van der Waals surface area contributed by atoms with E-state index in [1.165, 1.54) is 0 Å². The van der Waals surface area contributed by atoms with Gasteiger partial charge in [0.1, 0.15) is 6.04 Å². The van der Waals surface area contributed by atoms with Gasteiger partial charge in [-0.05, 0) is 25.8 Å². The van der Waals surface area contributed by atoms with Crippen LogP contribution < -0.4 is 0 Å². The Balaban J connectivity index is 1.74. The summed E-state index contributed by atoms with van der Waals surface area (Å²) in [5, 5.41) is 10.7. The molecule has 25 heavy (non-hydrogen) atoms. The molecule has 0 bridgehead atoms. The maximum atomic E-state index is 13.9. The minimum atomic E-state index is -2.96. The van der Waals surface area contributed by atoms with Crippen molar-refractivity contribution in [2.24, 2.45) is 0 Å². The predicted molar refractivity (Wildman–Crippen MR) is 84.1 cm³/mol. The normalized spacial score (nSPS) is 19.6. The summed E-state index contributed by atoms with van der Waals surface area (Å²) in [6.45, 7) is 4.94. The molecular formula is C16H21F2N5O2. The third-order valence-corrected chi connectivity index (χ3v) is 4.54. The average molecular weight is 353 g/mol. The van der Waals surface area contributed by atoms with E-state index in [2.05, 4.69) is 20.3 Å². The molecule has 0 aromatic carbocycles. The molecule has 0 saturated carbocycles. The molecule has 0 unspecified atom stereocenters. The summed E-state index contributed by atoms with van der Waals surface area (Å²) < 4.78 is 32.9. The largest absolute Gasteiger partial charge is 0.337 e. The number of aromatic nitrogens is 4. The van der Waals surface area contributed by atoms with Crippen LogP contribution in [0.2, 0.25) is 0 Å². The fraction of sp³-hybridized carbons (Fsp3) is 0.625. The Morgan fingerprint density at radius 3 is 2.80 bits per heavy atom. The minimum Gasteiger partial charge on any atom is -0.337 e. The third kappa shape index (κ3) is 3.54. The van der Waals surface area contributed by atoms with E-state index in [-0.39, 0.29) is 18.2 Å². The van der Waals surface area contributed by atoms with Gasteiger partial charge in [-0.1, -0.05) is 12.1 Å². The lowest BCUT2D eigenvalue weighted by Gasteiger charge is -2.21. The van der Waals surface area contributed by atoms with Crippen LogP contribution in [-0.2, 0) is 17.6 Å². The molecular weight excluding hydrogens is 332 g/mol. The number of nitrogens with one attached hydrogen (secondary N) is 1. The number of rotatable bonds is 5. The van der Waals surface area contributed by atoms with Crippen LogP contribution in [0.15, 0.2) is 4.52 Å². The van der Waals surface area contributed by atoms with Gasteiger partial charge in [-0.25, -0.2) is 8.78 Å². The molecule has 0 radical (unpaired) electrons. The summed E-state index contributed by atoms with van der Waals surface area (Å²) in [7, 11) is 0. The first-order valence-corrected chi connectivity index (χ1v) is 8.31. The number of likely N-dealkylation sites (tertiary alicyclic amines) is 1. The van der Waals surface area contributed by atoms with Crippen molar-refractivity contribution in [1.29, 1.82) is 0 Å². The van der Waals surface area contributed by atoms with Crippen molar-refractivity contribution in [3.63, 3.8) is 0 Å². The molecule has 2 aromatic rings. The molecule has 2 aromatic heterocycles. The molecule has 3 heterocycles. The molecule has 0 spiro atoms. The Hall–Kier alpha value is -2.32. The van der Waals surface area contributed by atoms with Crippen LogP contribution in [-0.4, -0.2) is 43.6 Å². The van der Waals surface area contributed by atoms with Gasteiger partial charge >= 0.3 is 0 Å². The Bertz CT molecular complexity index is 751. The van der Waals surface area contributed by atoms with E-state index in [0.717, 1.165) is 21.9 Å². The monoisotopic (exact) mass is 353 g/mol. The molecule has 3 rings (SSSR count). The van der Waals surface area contributed by atoms with Crippen molar-refractivity contribution in [2.75, 3.05) is 6.54 Å². The maximum Gasteiger partial charge on any atom is 0.267 e.